The van der Waals surface area contributed by atoms with E-state index in [1.165, 1.54) is 12.1 Å². The highest BCUT2D eigenvalue weighted by molar-refractivity contribution is 6.31. The lowest BCUT2D eigenvalue weighted by Crippen LogP contribution is -2.02. The van der Waals surface area contributed by atoms with Gasteiger partial charge >= 0.3 is 7.69 Å². The molecule has 0 fully saturated rings. The molecule has 0 aromatic heterocycles. The SMILES string of the molecule is O=Cc1cc(Cl)ccc1O[B]O. The fraction of sp³-hybridized carbons (Fsp3) is 0. The van der Waals surface area contributed by atoms with Crippen molar-refractivity contribution in [3.8, 4) is 5.75 Å². The minimum atomic E-state index is 0.275. The van der Waals surface area contributed by atoms with Gasteiger partial charge in [0.1, 0.15) is 5.75 Å². The Bertz CT molecular complexity index is 290. The molecule has 0 amide bonds. The fourth-order valence-corrected chi connectivity index (χ4v) is 0.956. The molecule has 0 heterocycles. The minimum absolute atomic E-state index is 0.275. The molecule has 0 aliphatic rings. The van der Waals surface area contributed by atoms with Gasteiger partial charge in [-0.1, -0.05) is 11.6 Å². The summed E-state index contributed by atoms with van der Waals surface area (Å²) >= 11 is 5.61. The Morgan fingerprint density at radius 2 is 2.33 bits per heavy atom. The molecule has 1 radical (unpaired) electrons. The summed E-state index contributed by atoms with van der Waals surface area (Å²) in [6.45, 7) is 0. The van der Waals surface area contributed by atoms with E-state index in [0.29, 0.717) is 24.6 Å². The van der Waals surface area contributed by atoms with Crippen molar-refractivity contribution < 1.29 is 14.5 Å². The van der Waals surface area contributed by atoms with Crippen LogP contribution in [0.25, 0.3) is 0 Å². The van der Waals surface area contributed by atoms with Crippen LogP contribution in [0.15, 0.2) is 18.2 Å². The van der Waals surface area contributed by atoms with Crippen molar-refractivity contribution in [2.45, 2.75) is 0 Å². The predicted molar refractivity (Wildman–Crippen MR) is 45.4 cm³/mol. The summed E-state index contributed by atoms with van der Waals surface area (Å²) in [6.07, 6.45) is 0.602. The van der Waals surface area contributed by atoms with Crippen LogP contribution in [0, 0.1) is 0 Å². The van der Waals surface area contributed by atoms with E-state index in [2.05, 4.69) is 4.65 Å². The van der Waals surface area contributed by atoms with Crippen LogP contribution < -0.4 is 4.65 Å². The summed E-state index contributed by atoms with van der Waals surface area (Å²) in [6, 6.07) is 4.51. The maximum atomic E-state index is 10.4. The number of hydrogen-bond donors (Lipinski definition) is 1. The average molecular weight is 183 g/mol. The van der Waals surface area contributed by atoms with Gasteiger partial charge in [-0.3, -0.25) is 4.79 Å². The second-order valence-electron chi connectivity index (χ2n) is 2.02. The van der Waals surface area contributed by atoms with Gasteiger partial charge in [0.05, 0.1) is 5.56 Å². The zero-order valence-electron chi connectivity index (χ0n) is 6.03. The smallest absolute Gasteiger partial charge is 0.537 e. The molecule has 0 saturated carbocycles. The van der Waals surface area contributed by atoms with Gasteiger partial charge in [-0.05, 0) is 18.2 Å². The van der Waals surface area contributed by atoms with Crippen LogP contribution in [0.5, 0.6) is 5.75 Å². The van der Waals surface area contributed by atoms with Crippen LogP contribution in [-0.4, -0.2) is 19.0 Å². The molecule has 3 nitrogen and oxygen atoms in total. The van der Waals surface area contributed by atoms with E-state index in [-0.39, 0.29) is 5.75 Å². The van der Waals surface area contributed by atoms with Gasteiger partial charge in [0.2, 0.25) is 0 Å². The Hall–Kier alpha value is -0.995. The summed E-state index contributed by atoms with van der Waals surface area (Å²) < 4.78 is 4.62. The molecule has 0 aliphatic carbocycles. The number of halogens is 1. The zero-order chi connectivity index (χ0) is 8.97. The molecule has 1 aromatic carbocycles. The van der Waals surface area contributed by atoms with Crippen LogP contribution in [0.2, 0.25) is 5.02 Å². The van der Waals surface area contributed by atoms with Gasteiger partial charge < -0.3 is 9.68 Å². The second kappa shape index (κ2) is 4.14. The van der Waals surface area contributed by atoms with Crippen molar-refractivity contribution in [1.29, 1.82) is 0 Å². The largest absolute Gasteiger partial charge is 0.569 e. The summed E-state index contributed by atoms with van der Waals surface area (Å²) in [7, 11) is 0.510. The highest BCUT2D eigenvalue weighted by Gasteiger charge is 2.03. The molecule has 0 atom stereocenters. The number of hydrogen-bond acceptors (Lipinski definition) is 3. The molecule has 0 unspecified atom stereocenters. The second-order valence-corrected chi connectivity index (χ2v) is 2.46. The first-order valence-corrected chi connectivity index (χ1v) is 3.53. The first kappa shape index (κ1) is 9.10. The molecule has 0 bridgehead atoms. The minimum Gasteiger partial charge on any atom is -0.537 e. The third kappa shape index (κ3) is 2.00. The van der Waals surface area contributed by atoms with E-state index in [1.54, 1.807) is 6.07 Å². The lowest BCUT2D eigenvalue weighted by atomic mass is 10.2. The van der Waals surface area contributed by atoms with Crippen LogP contribution in [0.1, 0.15) is 10.4 Å². The Labute approximate surface area is 75.2 Å². The maximum Gasteiger partial charge on any atom is 0.569 e. The molecule has 1 N–H and O–H groups in total. The van der Waals surface area contributed by atoms with Crippen LogP contribution in [0.4, 0.5) is 0 Å². The van der Waals surface area contributed by atoms with Crippen LogP contribution in [-0.2, 0) is 0 Å². The molecule has 1 aromatic rings. The monoisotopic (exact) mass is 183 g/mol. The number of carbonyl (C=O) groups is 1. The normalized spacial score (nSPS) is 9.17. The van der Waals surface area contributed by atoms with Crippen molar-refractivity contribution in [2.24, 2.45) is 0 Å². The molecule has 61 valence electrons. The molecule has 0 saturated heterocycles. The quantitative estimate of drug-likeness (QED) is 0.563. The molecule has 0 aliphatic heterocycles. The Morgan fingerprint density at radius 1 is 1.58 bits per heavy atom. The first-order chi connectivity index (χ1) is 5.77. The summed E-state index contributed by atoms with van der Waals surface area (Å²) in [4.78, 5) is 10.4. The van der Waals surface area contributed by atoms with Gasteiger partial charge in [0, 0.05) is 5.02 Å². The highest BCUT2D eigenvalue weighted by atomic mass is 35.5. The Kier molecular flexibility index (Phi) is 3.14. The van der Waals surface area contributed by atoms with E-state index in [9.17, 15) is 4.79 Å². The van der Waals surface area contributed by atoms with Crippen molar-refractivity contribution in [3.63, 3.8) is 0 Å². The van der Waals surface area contributed by atoms with Crippen molar-refractivity contribution in [2.75, 3.05) is 0 Å². The molecule has 5 heteroatoms. The van der Waals surface area contributed by atoms with E-state index in [4.69, 9.17) is 16.6 Å². The van der Waals surface area contributed by atoms with Gasteiger partial charge in [0.15, 0.2) is 6.29 Å². The van der Waals surface area contributed by atoms with Crippen molar-refractivity contribution >= 4 is 25.6 Å². The van der Waals surface area contributed by atoms with Gasteiger partial charge in [0.25, 0.3) is 0 Å². The molecular formula is C7H5BClO3. The average Bonchev–Trinajstić information content (AvgIpc) is 2.08. The standard InChI is InChI=1S/C7H5BClO3/c9-6-1-2-7(12-8-11)5(3-6)4-10/h1-4,11H. The lowest BCUT2D eigenvalue weighted by molar-refractivity contribution is 0.112. The number of aldehydes is 1. The number of rotatable bonds is 3. The van der Waals surface area contributed by atoms with Gasteiger partial charge in [-0.2, -0.15) is 0 Å². The lowest BCUT2D eigenvalue weighted by Gasteiger charge is -2.03. The van der Waals surface area contributed by atoms with E-state index >= 15 is 0 Å². The zero-order valence-corrected chi connectivity index (χ0v) is 6.78. The third-order valence-corrected chi connectivity index (χ3v) is 1.51. The Morgan fingerprint density at radius 3 is 2.92 bits per heavy atom. The predicted octanol–water partition coefficient (Wildman–Crippen LogP) is 1.06. The van der Waals surface area contributed by atoms with Gasteiger partial charge in [-0.15, -0.1) is 0 Å². The summed E-state index contributed by atoms with van der Waals surface area (Å²) in [5.74, 6) is 0.275. The highest BCUT2D eigenvalue weighted by Crippen LogP contribution is 2.20. The molecular weight excluding hydrogens is 178 g/mol. The number of carbonyl (C=O) groups excluding carboxylic acids is 1. The summed E-state index contributed by atoms with van der Waals surface area (Å²) in [5, 5.41) is 8.76. The van der Waals surface area contributed by atoms with E-state index in [1.807, 2.05) is 0 Å². The Balaban J connectivity index is 3.02. The molecule has 1 rings (SSSR count). The molecule has 12 heavy (non-hydrogen) atoms. The third-order valence-electron chi connectivity index (χ3n) is 1.28. The fourth-order valence-electron chi connectivity index (χ4n) is 0.776. The number of benzene rings is 1. The maximum absolute atomic E-state index is 10.4. The van der Waals surface area contributed by atoms with E-state index in [0.717, 1.165) is 0 Å². The van der Waals surface area contributed by atoms with Crippen molar-refractivity contribution in [3.05, 3.63) is 28.8 Å². The van der Waals surface area contributed by atoms with Crippen molar-refractivity contribution in [1.82, 2.24) is 0 Å². The van der Waals surface area contributed by atoms with Crippen LogP contribution in [0.3, 0.4) is 0 Å². The summed E-state index contributed by atoms with van der Waals surface area (Å²) in [5.41, 5.74) is 0.299. The van der Waals surface area contributed by atoms with Gasteiger partial charge in [-0.25, -0.2) is 0 Å². The first-order valence-electron chi connectivity index (χ1n) is 3.15. The van der Waals surface area contributed by atoms with E-state index < -0.39 is 0 Å². The van der Waals surface area contributed by atoms with Crippen LogP contribution >= 0.6 is 11.6 Å². The topological polar surface area (TPSA) is 46.5 Å². The molecule has 0 spiro atoms.